The zero-order chi connectivity index (χ0) is 16.2. The van der Waals surface area contributed by atoms with Gasteiger partial charge in [-0.05, 0) is 29.8 Å². The van der Waals surface area contributed by atoms with Crippen LogP contribution in [0.2, 0.25) is 5.02 Å². The molecule has 23 heavy (non-hydrogen) atoms. The molecule has 2 aromatic carbocycles. The van der Waals surface area contributed by atoms with Crippen molar-refractivity contribution in [3.63, 3.8) is 0 Å². The van der Waals surface area contributed by atoms with Crippen molar-refractivity contribution in [2.24, 2.45) is 7.05 Å². The van der Waals surface area contributed by atoms with Crippen molar-refractivity contribution >= 4 is 17.5 Å². The predicted octanol–water partition coefficient (Wildman–Crippen LogP) is 3.59. The Kier molecular flexibility index (Phi) is 4.44. The van der Waals surface area contributed by atoms with E-state index in [1.54, 1.807) is 24.4 Å². The number of benzene rings is 2. The van der Waals surface area contributed by atoms with Gasteiger partial charge < -0.3 is 9.88 Å². The van der Waals surface area contributed by atoms with Gasteiger partial charge in [0, 0.05) is 30.0 Å². The highest BCUT2D eigenvalue weighted by Gasteiger charge is 2.21. The zero-order valence-electron chi connectivity index (χ0n) is 12.6. The first kappa shape index (κ1) is 15.3. The Hall–Kier alpha value is -2.59. The molecule has 4 nitrogen and oxygen atoms in total. The highest BCUT2D eigenvalue weighted by atomic mass is 35.5. The molecular weight excluding hydrogens is 310 g/mol. The molecule has 0 aliphatic rings. The van der Waals surface area contributed by atoms with Gasteiger partial charge in [-0.25, -0.2) is 4.98 Å². The van der Waals surface area contributed by atoms with Crippen molar-refractivity contribution in [3.05, 3.63) is 89.0 Å². The molecule has 1 unspecified atom stereocenters. The lowest BCUT2D eigenvalue weighted by Crippen LogP contribution is -2.31. The van der Waals surface area contributed by atoms with E-state index in [2.05, 4.69) is 10.3 Å². The van der Waals surface area contributed by atoms with Crippen molar-refractivity contribution in [3.8, 4) is 0 Å². The highest BCUT2D eigenvalue weighted by Crippen LogP contribution is 2.23. The van der Waals surface area contributed by atoms with Gasteiger partial charge in [-0.3, -0.25) is 4.79 Å². The zero-order valence-corrected chi connectivity index (χ0v) is 13.4. The lowest BCUT2D eigenvalue weighted by atomic mass is 10.1. The average molecular weight is 326 g/mol. The first-order valence-corrected chi connectivity index (χ1v) is 7.61. The molecule has 3 aromatic rings. The Morgan fingerprint density at radius 1 is 1.17 bits per heavy atom. The number of carbonyl (C=O) groups is 1. The van der Waals surface area contributed by atoms with Gasteiger partial charge in [0.25, 0.3) is 5.91 Å². The van der Waals surface area contributed by atoms with E-state index in [1.165, 1.54) is 0 Å². The second kappa shape index (κ2) is 6.67. The monoisotopic (exact) mass is 325 g/mol. The maximum Gasteiger partial charge on any atom is 0.252 e. The van der Waals surface area contributed by atoms with Crippen LogP contribution in [0, 0.1) is 0 Å². The fourth-order valence-corrected chi connectivity index (χ4v) is 2.64. The Morgan fingerprint density at radius 3 is 2.61 bits per heavy atom. The Labute approximate surface area is 139 Å². The number of amides is 1. The SMILES string of the molecule is Cn1ccnc1C(NC(=O)c1ccccc1)c1cccc(Cl)c1. The van der Waals surface area contributed by atoms with Crippen LogP contribution in [0.3, 0.4) is 0 Å². The van der Waals surface area contributed by atoms with Gasteiger partial charge in [-0.1, -0.05) is 41.9 Å². The van der Waals surface area contributed by atoms with Crippen molar-refractivity contribution in [2.45, 2.75) is 6.04 Å². The Bertz CT molecular complexity index is 814. The molecule has 0 saturated heterocycles. The second-order valence-electron chi connectivity index (χ2n) is 5.22. The molecule has 0 aliphatic carbocycles. The predicted molar refractivity (Wildman–Crippen MR) is 90.4 cm³/mol. The van der Waals surface area contributed by atoms with Crippen LogP contribution in [0.4, 0.5) is 0 Å². The summed E-state index contributed by atoms with van der Waals surface area (Å²) in [5.41, 5.74) is 1.49. The molecule has 0 radical (unpaired) electrons. The van der Waals surface area contributed by atoms with Crippen LogP contribution >= 0.6 is 11.6 Å². The summed E-state index contributed by atoms with van der Waals surface area (Å²) in [5, 5.41) is 3.66. The number of aryl methyl sites for hydroxylation is 1. The number of halogens is 1. The normalized spacial score (nSPS) is 11.9. The third-order valence-corrected chi connectivity index (χ3v) is 3.85. The molecule has 1 atom stereocenters. The van der Waals surface area contributed by atoms with Crippen LogP contribution in [-0.4, -0.2) is 15.5 Å². The second-order valence-corrected chi connectivity index (χ2v) is 5.66. The first-order chi connectivity index (χ1) is 11.1. The smallest absolute Gasteiger partial charge is 0.252 e. The topological polar surface area (TPSA) is 46.9 Å². The molecule has 3 rings (SSSR count). The molecule has 0 fully saturated rings. The van der Waals surface area contributed by atoms with Crippen molar-refractivity contribution in [2.75, 3.05) is 0 Å². The largest absolute Gasteiger partial charge is 0.338 e. The number of carbonyl (C=O) groups excluding carboxylic acids is 1. The van der Waals surface area contributed by atoms with Gasteiger partial charge in [-0.2, -0.15) is 0 Å². The number of hydrogen-bond donors (Lipinski definition) is 1. The Balaban J connectivity index is 1.96. The fourth-order valence-electron chi connectivity index (χ4n) is 2.44. The number of nitrogens with one attached hydrogen (secondary N) is 1. The molecule has 1 N–H and O–H groups in total. The Morgan fingerprint density at radius 2 is 1.96 bits per heavy atom. The van der Waals surface area contributed by atoms with Gasteiger partial charge in [0.15, 0.2) is 0 Å². The summed E-state index contributed by atoms with van der Waals surface area (Å²) in [6, 6.07) is 16.2. The third-order valence-electron chi connectivity index (χ3n) is 3.61. The van der Waals surface area contributed by atoms with E-state index in [0.29, 0.717) is 10.6 Å². The number of imidazole rings is 1. The van der Waals surface area contributed by atoms with Crippen LogP contribution in [-0.2, 0) is 7.05 Å². The quantitative estimate of drug-likeness (QED) is 0.796. The molecular formula is C18H16ClN3O. The summed E-state index contributed by atoms with van der Waals surface area (Å²) < 4.78 is 1.89. The van der Waals surface area contributed by atoms with Crippen molar-refractivity contribution in [1.82, 2.24) is 14.9 Å². The molecule has 1 amide bonds. The summed E-state index contributed by atoms with van der Waals surface area (Å²) in [6.07, 6.45) is 3.56. The number of hydrogen-bond acceptors (Lipinski definition) is 2. The average Bonchev–Trinajstić information content (AvgIpc) is 2.99. The van der Waals surface area contributed by atoms with E-state index in [4.69, 9.17) is 11.6 Å². The minimum Gasteiger partial charge on any atom is -0.338 e. The maximum absolute atomic E-state index is 12.5. The lowest BCUT2D eigenvalue weighted by Gasteiger charge is -2.19. The maximum atomic E-state index is 12.5. The molecule has 0 spiro atoms. The van der Waals surface area contributed by atoms with E-state index in [-0.39, 0.29) is 11.9 Å². The minimum atomic E-state index is -0.374. The van der Waals surface area contributed by atoms with E-state index < -0.39 is 0 Å². The van der Waals surface area contributed by atoms with E-state index >= 15 is 0 Å². The summed E-state index contributed by atoms with van der Waals surface area (Å²) in [6.45, 7) is 0. The van der Waals surface area contributed by atoms with Gasteiger partial charge in [0.1, 0.15) is 11.9 Å². The minimum absolute atomic E-state index is 0.154. The van der Waals surface area contributed by atoms with Crippen molar-refractivity contribution < 1.29 is 4.79 Å². The lowest BCUT2D eigenvalue weighted by molar-refractivity contribution is 0.0941. The van der Waals surface area contributed by atoms with E-state index in [0.717, 1.165) is 11.4 Å². The number of nitrogens with zero attached hydrogens (tertiary/aromatic N) is 2. The van der Waals surface area contributed by atoms with Gasteiger partial charge in [0.2, 0.25) is 0 Å². The molecule has 0 saturated carbocycles. The first-order valence-electron chi connectivity index (χ1n) is 7.24. The summed E-state index contributed by atoms with van der Waals surface area (Å²) >= 11 is 6.10. The van der Waals surface area contributed by atoms with E-state index in [9.17, 15) is 4.79 Å². The van der Waals surface area contributed by atoms with Crippen LogP contribution in [0.5, 0.6) is 0 Å². The van der Waals surface area contributed by atoms with Crippen LogP contribution < -0.4 is 5.32 Å². The summed E-state index contributed by atoms with van der Waals surface area (Å²) in [4.78, 5) is 16.9. The molecule has 0 aliphatic heterocycles. The van der Waals surface area contributed by atoms with Crippen molar-refractivity contribution in [1.29, 1.82) is 0 Å². The number of rotatable bonds is 4. The van der Waals surface area contributed by atoms with E-state index in [1.807, 2.05) is 54.2 Å². The van der Waals surface area contributed by atoms with Crippen LogP contribution in [0.1, 0.15) is 27.8 Å². The molecule has 1 aromatic heterocycles. The summed E-state index contributed by atoms with van der Waals surface area (Å²) in [5.74, 6) is 0.593. The molecule has 1 heterocycles. The number of aromatic nitrogens is 2. The highest BCUT2D eigenvalue weighted by molar-refractivity contribution is 6.30. The standard InChI is InChI=1S/C18H16ClN3O/c1-22-11-10-20-17(22)16(14-8-5-9-15(19)12-14)21-18(23)13-6-3-2-4-7-13/h2-12,16H,1H3,(H,21,23). The van der Waals surface area contributed by atoms with Crippen LogP contribution in [0.15, 0.2) is 67.0 Å². The molecule has 0 bridgehead atoms. The van der Waals surface area contributed by atoms with Gasteiger partial charge >= 0.3 is 0 Å². The van der Waals surface area contributed by atoms with Crippen LogP contribution in [0.25, 0.3) is 0 Å². The third kappa shape index (κ3) is 3.43. The van der Waals surface area contributed by atoms with Gasteiger partial charge in [-0.15, -0.1) is 0 Å². The molecule has 116 valence electrons. The van der Waals surface area contributed by atoms with Gasteiger partial charge in [0.05, 0.1) is 0 Å². The summed E-state index contributed by atoms with van der Waals surface area (Å²) in [7, 11) is 1.90. The molecule has 5 heteroatoms. The fraction of sp³-hybridized carbons (Fsp3) is 0.111.